The molecule has 10 aliphatic rings. The number of guanidine groups is 1. The summed E-state index contributed by atoms with van der Waals surface area (Å²) < 4.78 is 5.73. The van der Waals surface area contributed by atoms with Gasteiger partial charge in [0, 0.05) is 73.7 Å². The number of aliphatic hydroxyl groups is 2. The standard InChI is InChI=1S/C81H104N8O6S2/c1-51(91)44-87-76-43-80(42-71-66-26-29-84-45-61(66)34-57-17-10-28-85-78(57)71)41-56-21-23-75(80)81(76)27-24-67-58(22-20-53-13-7-4-8-14-53)46-89-79(83)86-30-25-59(49-96-97-50-72(67)81)69(33-55-16-9-15-54(31-55)19-18-52-11-5-3-6-12-52)70-40-77(82)88-47-62(70)35-60-37-73(94)74(95-2)39-68(60)63(48-90)36-65(93)38-64(92)32-56/h3-17,31,36-37,39-40,47,51,56-59,61,66-67,69,71-72,75-78,84-85,87-88,90-91,94H,18-24,26-29,32-35,38,41-46,48-50,82H2,1-2H3,(H3,83,86,89). The number of hydrogen-bond donors (Lipinski definition) is 10. The van der Waals surface area contributed by atoms with Gasteiger partial charge in [-0.25, -0.2) is 0 Å². The second kappa shape index (κ2) is 31.6. The van der Waals surface area contributed by atoms with Crippen molar-refractivity contribution >= 4 is 44.7 Å². The highest BCUT2D eigenvalue weighted by Crippen LogP contribution is 2.73. The second-order valence-corrected chi connectivity index (χ2v) is 32.9. The number of ether oxygens (including phenoxy) is 1. The van der Waals surface area contributed by atoms with Gasteiger partial charge in [0.25, 0.3) is 0 Å². The zero-order chi connectivity index (χ0) is 67.0. The molecule has 1 spiro atoms. The summed E-state index contributed by atoms with van der Waals surface area (Å²) in [6.07, 6.45) is 23.5. The molecule has 0 aromatic heterocycles. The van der Waals surface area contributed by atoms with Crippen molar-refractivity contribution < 1.29 is 29.6 Å². The number of aromatic hydroxyl groups is 1. The van der Waals surface area contributed by atoms with Gasteiger partial charge >= 0.3 is 0 Å². The van der Waals surface area contributed by atoms with Crippen LogP contribution < -0.4 is 42.8 Å². The molecule has 4 aromatic rings. The van der Waals surface area contributed by atoms with Crippen molar-refractivity contribution in [1.29, 1.82) is 0 Å². The Morgan fingerprint density at radius 3 is 2.47 bits per heavy atom. The predicted molar refractivity (Wildman–Crippen MR) is 393 cm³/mol. The monoisotopic (exact) mass is 1350 g/mol. The maximum Gasteiger partial charge on any atom is 0.202 e. The van der Waals surface area contributed by atoms with Gasteiger partial charge < -0.3 is 58.1 Å². The van der Waals surface area contributed by atoms with Crippen molar-refractivity contribution in [2.24, 2.45) is 92.4 Å². The SMILES string of the molecule is COc1cc2c(cc1O)CC1=CNC(N)C=C1C(Cc1cccc(CCc3ccccc3)c1)C1C#CN=C(N)NCC(CCc3ccccc3)C3CCC4(C(NCC(C)O)CC5(CC6C7CCNCC7CC7C=CCNC76)CC(CCC54)CC(=O)CC(=O)C=C2CO)C3CSSC1. The molecule has 14 rings (SSSR count). The molecule has 4 aromatic carbocycles. The van der Waals surface area contributed by atoms with Crippen LogP contribution in [0.1, 0.15) is 117 Å². The zero-order valence-corrected chi connectivity index (χ0v) is 58.6. The molecule has 1 saturated heterocycles. The van der Waals surface area contributed by atoms with E-state index in [9.17, 15) is 24.9 Å². The van der Waals surface area contributed by atoms with Crippen molar-refractivity contribution in [3.05, 3.63) is 172 Å². The normalized spacial score (nSPS) is 33.2. The van der Waals surface area contributed by atoms with Gasteiger partial charge in [0.15, 0.2) is 17.3 Å². The van der Waals surface area contributed by atoms with Crippen LogP contribution in [0.3, 0.4) is 0 Å². The summed E-state index contributed by atoms with van der Waals surface area (Å²) in [6, 6.07) is 37.7. The lowest BCUT2D eigenvalue weighted by Gasteiger charge is -2.56. The lowest BCUT2D eigenvalue weighted by Crippen LogP contribution is -2.57. The Balaban J connectivity index is 0.957. The molecular weight excluding hydrogens is 1250 g/mol. The van der Waals surface area contributed by atoms with Crippen molar-refractivity contribution in [1.82, 2.24) is 26.6 Å². The number of ketones is 2. The number of benzene rings is 4. The van der Waals surface area contributed by atoms with Crippen molar-refractivity contribution in [3.8, 4) is 23.5 Å². The molecule has 6 heterocycles. The van der Waals surface area contributed by atoms with Crippen LogP contribution >= 0.6 is 21.6 Å². The molecule has 4 saturated carbocycles. The highest BCUT2D eigenvalue weighted by molar-refractivity contribution is 8.76. The third-order valence-corrected chi connectivity index (χ3v) is 27.1. The number of phenols is 1. The Hall–Kier alpha value is -6.13. The number of nitrogens with two attached hydrogens (primary N) is 2. The number of aryl methyl sites for hydroxylation is 3. The number of aliphatic hydroxyl groups excluding tert-OH is 2. The van der Waals surface area contributed by atoms with Crippen LogP contribution in [-0.2, 0) is 41.7 Å². The van der Waals surface area contributed by atoms with Gasteiger partial charge in [0.2, 0.25) is 5.96 Å². The lowest BCUT2D eigenvalue weighted by atomic mass is 9.51. The van der Waals surface area contributed by atoms with E-state index in [-0.39, 0.29) is 76.5 Å². The first-order valence-corrected chi connectivity index (χ1v) is 38.9. The second-order valence-electron chi connectivity index (χ2n) is 30.3. The molecule has 6 bridgehead atoms. The van der Waals surface area contributed by atoms with Crippen molar-refractivity contribution in [2.45, 2.75) is 140 Å². The number of Topliss-reactive ketones (excluding diaryl/α,β-unsaturated/α-hetero) is 1. The Kier molecular flexibility index (Phi) is 22.6. The smallest absolute Gasteiger partial charge is 0.202 e. The minimum absolute atomic E-state index is 0.0677. The third kappa shape index (κ3) is 15.8. The van der Waals surface area contributed by atoms with Crippen molar-refractivity contribution in [3.63, 3.8) is 0 Å². The number of carbonyl (C=O) groups is 2. The number of nitrogens with one attached hydrogen (secondary N) is 5. The zero-order valence-electron chi connectivity index (χ0n) is 56.9. The van der Waals surface area contributed by atoms with E-state index in [1.807, 2.05) is 34.7 Å². The van der Waals surface area contributed by atoms with Gasteiger partial charge in [0.05, 0.1) is 32.4 Å². The van der Waals surface area contributed by atoms with Crippen LogP contribution in [-0.4, -0.2) is 115 Å². The first-order chi connectivity index (χ1) is 47.3. The summed E-state index contributed by atoms with van der Waals surface area (Å²) in [5.41, 5.74) is 22.3. The molecule has 12 N–H and O–H groups in total. The van der Waals surface area contributed by atoms with E-state index in [0.29, 0.717) is 102 Å². The maximum atomic E-state index is 14.9. The fourth-order valence-corrected chi connectivity index (χ4v) is 23.4. The number of carbonyl (C=O) groups excluding carboxylic acids is 2. The number of methoxy groups -OCH3 is 1. The fourth-order valence-electron chi connectivity index (χ4n) is 20.5. The summed E-state index contributed by atoms with van der Waals surface area (Å²) in [4.78, 5) is 34.5. The molecule has 6 aliphatic heterocycles. The first kappa shape index (κ1) is 69.4. The number of hydrogen-bond acceptors (Lipinski definition) is 16. The van der Waals surface area contributed by atoms with Crippen LogP contribution in [0.15, 0.2) is 144 Å². The molecule has 4 aliphatic carbocycles. The van der Waals surface area contributed by atoms with Crippen LogP contribution in [0.25, 0.3) is 5.57 Å². The molecule has 5 fully saturated rings. The van der Waals surface area contributed by atoms with Crippen molar-refractivity contribution in [2.75, 3.05) is 57.9 Å². The Labute approximate surface area is 583 Å². The number of fused-ring (bicyclic) bond motifs is 7. The quantitative estimate of drug-likeness (QED) is 0.0231. The summed E-state index contributed by atoms with van der Waals surface area (Å²) in [6.45, 7) is 5.58. The summed E-state index contributed by atoms with van der Waals surface area (Å²) in [5.74, 6) is 8.38. The Morgan fingerprint density at radius 2 is 1.67 bits per heavy atom. The number of piperidine rings is 1. The number of allylic oxidation sites excluding steroid dienone is 3. The number of dihydropyridines is 1. The van der Waals surface area contributed by atoms with Gasteiger partial charge in [-0.1, -0.05) is 125 Å². The van der Waals surface area contributed by atoms with Crippen LogP contribution in [0.4, 0.5) is 0 Å². The third-order valence-electron chi connectivity index (χ3n) is 24.6. The van der Waals surface area contributed by atoms with Crippen LogP contribution in [0.2, 0.25) is 0 Å². The van der Waals surface area contributed by atoms with E-state index in [2.05, 4.69) is 142 Å². The topological polar surface area (TPSA) is 229 Å². The van der Waals surface area contributed by atoms with Crippen LogP contribution in [0, 0.1) is 87.9 Å². The highest BCUT2D eigenvalue weighted by Gasteiger charge is 2.69. The number of nitrogens with zero attached hydrogens (tertiary/aromatic N) is 1. The molecule has 0 amide bonds. The summed E-state index contributed by atoms with van der Waals surface area (Å²) >= 11 is 0. The fraction of sp³-hybridized carbons (Fsp3) is 0.543. The van der Waals surface area contributed by atoms with Gasteiger partial charge in [-0.15, -0.1) is 0 Å². The van der Waals surface area contributed by atoms with Crippen LogP contribution in [0.5, 0.6) is 11.5 Å². The Morgan fingerprint density at radius 1 is 0.887 bits per heavy atom. The number of aliphatic imine (C=N–C) groups is 1. The van der Waals surface area contributed by atoms with Gasteiger partial charge in [-0.05, 0) is 255 Å². The largest absolute Gasteiger partial charge is 0.504 e. The molecule has 14 nitrogen and oxygen atoms in total. The molecule has 17 unspecified atom stereocenters. The average Bonchev–Trinajstić information content (AvgIpc) is 1.51. The van der Waals surface area contributed by atoms with E-state index >= 15 is 0 Å². The molecular formula is C81H104N8O6S2. The maximum absolute atomic E-state index is 14.9. The molecule has 516 valence electrons. The first-order valence-electron chi connectivity index (χ1n) is 36.4. The lowest BCUT2D eigenvalue weighted by molar-refractivity contribution is -0.126. The van der Waals surface area contributed by atoms with E-state index < -0.39 is 18.9 Å². The molecule has 17 atom stereocenters. The van der Waals surface area contributed by atoms with Gasteiger partial charge in [-0.2, -0.15) is 4.99 Å². The van der Waals surface area contributed by atoms with Gasteiger partial charge in [-0.3, -0.25) is 9.59 Å². The predicted octanol–water partition coefficient (Wildman–Crippen LogP) is 10.7. The number of phenolic OH excluding ortho intramolecular Hbond substituents is 1. The minimum atomic E-state index is -0.534. The van der Waals surface area contributed by atoms with E-state index in [4.69, 9.17) is 21.2 Å². The van der Waals surface area contributed by atoms with E-state index in [1.54, 1.807) is 12.1 Å². The van der Waals surface area contributed by atoms with E-state index in [1.165, 1.54) is 48.3 Å². The number of rotatable bonds is 15. The van der Waals surface area contributed by atoms with E-state index in [0.717, 1.165) is 107 Å². The summed E-state index contributed by atoms with van der Waals surface area (Å²) in [7, 11) is 5.46. The minimum Gasteiger partial charge on any atom is -0.504 e. The average molecular weight is 1350 g/mol. The molecule has 16 heteroatoms. The Bertz CT molecular complexity index is 3640. The molecule has 0 radical (unpaired) electrons. The van der Waals surface area contributed by atoms with Gasteiger partial charge in [0.1, 0.15) is 5.78 Å². The summed E-state index contributed by atoms with van der Waals surface area (Å²) in [5, 5.41) is 53.8. The highest BCUT2D eigenvalue weighted by atomic mass is 33.1. The molecule has 97 heavy (non-hydrogen) atoms.